The Labute approximate surface area is 186 Å². The fourth-order valence-electron chi connectivity index (χ4n) is 3.91. The van der Waals surface area contributed by atoms with E-state index in [9.17, 15) is 16.8 Å². The smallest absolute Gasteiger partial charge is 0.243 e. The molecule has 0 bridgehead atoms. The molecule has 1 aliphatic heterocycles. The first-order valence-electron chi connectivity index (χ1n) is 10.6. The van der Waals surface area contributed by atoms with Crippen LogP contribution in [0.2, 0.25) is 0 Å². The van der Waals surface area contributed by atoms with E-state index in [1.54, 1.807) is 20.9 Å². The van der Waals surface area contributed by atoms with E-state index in [0.717, 1.165) is 37.2 Å². The van der Waals surface area contributed by atoms with Crippen molar-refractivity contribution in [2.75, 3.05) is 38.1 Å². The minimum absolute atomic E-state index is 0.0761. The summed E-state index contributed by atoms with van der Waals surface area (Å²) in [5.41, 5.74) is 2.03. The Hall–Kier alpha value is -1.94. The first-order valence-corrected chi connectivity index (χ1v) is 13.5. The van der Waals surface area contributed by atoms with Gasteiger partial charge in [0.15, 0.2) is 0 Å². The maximum Gasteiger partial charge on any atom is 0.243 e. The number of anilines is 1. The van der Waals surface area contributed by atoms with Gasteiger partial charge in [-0.25, -0.2) is 16.8 Å². The first-order chi connectivity index (χ1) is 14.7. The maximum atomic E-state index is 13.1. The second-order valence-electron chi connectivity index (χ2n) is 7.64. The molecule has 0 aliphatic carbocycles. The van der Waals surface area contributed by atoms with Gasteiger partial charge in [-0.15, -0.1) is 0 Å². The minimum atomic E-state index is -3.76. The molecule has 0 aromatic heterocycles. The van der Waals surface area contributed by atoms with Crippen LogP contribution in [0.4, 0.5) is 5.69 Å². The normalized spacial score (nSPS) is 15.2. The van der Waals surface area contributed by atoms with Crippen molar-refractivity contribution in [3.8, 4) is 0 Å². The van der Waals surface area contributed by atoms with Crippen LogP contribution >= 0.6 is 0 Å². The Morgan fingerprint density at radius 3 is 1.87 bits per heavy atom. The van der Waals surface area contributed by atoms with Crippen molar-refractivity contribution in [2.45, 2.75) is 43.0 Å². The fraction of sp³-hybridized carbons (Fsp3) is 0.455. The van der Waals surface area contributed by atoms with Crippen molar-refractivity contribution in [3.63, 3.8) is 0 Å². The highest BCUT2D eigenvalue weighted by Crippen LogP contribution is 2.27. The molecule has 1 saturated heterocycles. The van der Waals surface area contributed by atoms with Crippen molar-refractivity contribution in [2.24, 2.45) is 0 Å². The van der Waals surface area contributed by atoms with Crippen LogP contribution < -0.4 is 4.90 Å². The Bertz CT molecular complexity index is 1090. The predicted octanol–water partition coefficient (Wildman–Crippen LogP) is 3.14. The SMILES string of the molecule is CCN(CC)S(=O)(=O)c1ccc(S(=O)(=O)N(C)Cc2ccccc2N2CCCC2)cc1. The molecule has 1 fully saturated rings. The van der Waals surface area contributed by atoms with E-state index in [-0.39, 0.29) is 16.3 Å². The van der Waals surface area contributed by atoms with Gasteiger partial charge in [-0.3, -0.25) is 0 Å². The van der Waals surface area contributed by atoms with E-state index in [4.69, 9.17) is 0 Å². The van der Waals surface area contributed by atoms with Crippen LogP contribution in [0.3, 0.4) is 0 Å². The van der Waals surface area contributed by atoms with Gasteiger partial charge in [-0.05, 0) is 48.7 Å². The fourth-order valence-corrected chi connectivity index (χ4v) is 6.52. The molecular weight excluding hydrogens is 434 g/mol. The summed E-state index contributed by atoms with van der Waals surface area (Å²) in [6.07, 6.45) is 2.29. The van der Waals surface area contributed by atoms with Crippen molar-refractivity contribution < 1.29 is 16.8 Å². The largest absolute Gasteiger partial charge is 0.371 e. The summed E-state index contributed by atoms with van der Waals surface area (Å²) in [5.74, 6) is 0. The van der Waals surface area contributed by atoms with Gasteiger partial charge in [0.25, 0.3) is 0 Å². The van der Waals surface area contributed by atoms with Crippen molar-refractivity contribution in [3.05, 3.63) is 54.1 Å². The summed E-state index contributed by atoms with van der Waals surface area (Å²) in [5, 5.41) is 0. The molecule has 1 heterocycles. The van der Waals surface area contributed by atoms with E-state index in [2.05, 4.69) is 4.90 Å². The van der Waals surface area contributed by atoms with Crippen LogP contribution in [0.15, 0.2) is 58.3 Å². The summed E-state index contributed by atoms with van der Waals surface area (Å²) < 4.78 is 54.2. The van der Waals surface area contributed by atoms with Crippen molar-refractivity contribution in [1.82, 2.24) is 8.61 Å². The monoisotopic (exact) mass is 465 g/mol. The molecule has 3 rings (SSSR count). The lowest BCUT2D eigenvalue weighted by molar-refractivity contribution is 0.445. The van der Waals surface area contributed by atoms with Crippen LogP contribution in [0, 0.1) is 0 Å². The molecule has 0 saturated carbocycles. The number of rotatable bonds is 9. The number of hydrogen-bond donors (Lipinski definition) is 0. The lowest BCUT2D eigenvalue weighted by atomic mass is 10.1. The van der Waals surface area contributed by atoms with Crippen LogP contribution in [0.1, 0.15) is 32.3 Å². The summed E-state index contributed by atoms with van der Waals surface area (Å²) >= 11 is 0. The van der Waals surface area contributed by atoms with Gasteiger partial charge in [0, 0.05) is 45.5 Å². The number of para-hydroxylation sites is 1. The molecule has 1 aliphatic rings. The zero-order chi connectivity index (χ0) is 22.6. The second kappa shape index (κ2) is 9.68. The van der Waals surface area contributed by atoms with Gasteiger partial charge in [0.2, 0.25) is 20.0 Å². The summed E-state index contributed by atoms with van der Waals surface area (Å²) in [6, 6.07) is 13.4. The summed E-state index contributed by atoms with van der Waals surface area (Å²) in [7, 11) is -5.84. The van der Waals surface area contributed by atoms with Crippen molar-refractivity contribution >= 4 is 25.7 Å². The third kappa shape index (κ3) is 4.95. The topological polar surface area (TPSA) is 78.0 Å². The molecule has 0 atom stereocenters. The molecule has 7 nitrogen and oxygen atoms in total. The first kappa shape index (κ1) is 23.7. The average molecular weight is 466 g/mol. The second-order valence-corrected chi connectivity index (χ2v) is 11.6. The maximum absolute atomic E-state index is 13.1. The third-order valence-corrected chi connectivity index (χ3v) is 9.59. The van der Waals surface area contributed by atoms with Crippen molar-refractivity contribution in [1.29, 1.82) is 0 Å². The standard InChI is InChI=1S/C22H31N3O4S2/c1-4-25(5-2)31(28,29)21-14-12-20(13-15-21)30(26,27)23(3)18-19-10-6-7-11-22(19)24-16-8-9-17-24/h6-7,10-15H,4-5,8-9,16-18H2,1-3H3. The Morgan fingerprint density at radius 1 is 0.806 bits per heavy atom. The highest BCUT2D eigenvalue weighted by Gasteiger charge is 2.26. The highest BCUT2D eigenvalue weighted by molar-refractivity contribution is 7.89. The number of hydrogen-bond acceptors (Lipinski definition) is 5. The number of benzene rings is 2. The van der Waals surface area contributed by atoms with Gasteiger partial charge in [-0.1, -0.05) is 32.0 Å². The molecular formula is C22H31N3O4S2. The van der Waals surface area contributed by atoms with Crippen LogP contribution in [0.5, 0.6) is 0 Å². The van der Waals surface area contributed by atoms with Gasteiger partial charge in [0.05, 0.1) is 9.79 Å². The van der Waals surface area contributed by atoms with E-state index in [1.807, 2.05) is 24.3 Å². The Kier molecular flexibility index (Phi) is 7.41. The molecule has 0 spiro atoms. The molecule has 31 heavy (non-hydrogen) atoms. The van der Waals surface area contributed by atoms with Crippen LogP contribution in [0.25, 0.3) is 0 Å². The highest BCUT2D eigenvalue weighted by atomic mass is 32.2. The number of nitrogens with zero attached hydrogens (tertiary/aromatic N) is 3. The van der Waals surface area contributed by atoms with E-state index in [0.29, 0.717) is 13.1 Å². The minimum Gasteiger partial charge on any atom is -0.371 e. The van der Waals surface area contributed by atoms with Crippen LogP contribution in [-0.4, -0.2) is 58.7 Å². The molecule has 0 unspecified atom stereocenters. The average Bonchev–Trinajstić information content (AvgIpc) is 3.29. The van der Waals surface area contributed by atoms with E-state index >= 15 is 0 Å². The molecule has 2 aromatic carbocycles. The third-order valence-electron chi connectivity index (χ3n) is 5.71. The van der Waals surface area contributed by atoms with E-state index < -0.39 is 20.0 Å². The summed E-state index contributed by atoms with van der Waals surface area (Å²) in [6.45, 7) is 6.47. The predicted molar refractivity (Wildman–Crippen MR) is 123 cm³/mol. The zero-order valence-electron chi connectivity index (χ0n) is 18.4. The van der Waals surface area contributed by atoms with Gasteiger partial charge < -0.3 is 4.90 Å². The molecule has 2 aromatic rings. The molecule has 0 amide bonds. The van der Waals surface area contributed by atoms with Gasteiger partial charge >= 0.3 is 0 Å². The Balaban J connectivity index is 1.82. The molecule has 0 radical (unpaired) electrons. The zero-order valence-corrected chi connectivity index (χ0v) is 20.0. The molecule has 0 N–H and O–H groups in total. The van der Waals surface area contributed by atoms with Gasteiger partial charge in [-0.2, -0.15) is 8.61 Å². The van der Waals surface area contributed by atoms with Gasteiger partial charge in [0.1, 0.15) is 0 Å². The lowest BCUT2D eigenvalue weighted by Crippen LogP contribution is -2.31. The number of sulfonamides is 2. The van der Waals surface area contributed by atoms with E-state index in [1.165, 1.54) is 32.9 Å². The Morgan fingerprint density at radius 2 is 1.32 bits per heavy atom. The van der Waals surface area contributed by atoms with Crippen LogP contribution in [-0.2, 0) is 26.6 Å². The summed E-state index contributed by atoms with van der Waals surface area (Å²) in [4.78, 5) is 2.46. The quantitative estimate of drug-likeness (QED) is 0.569. The lowest BCUT2D eigenvalue weighted by Gasteiger charge is -2.24. The molecule has 170 valence electrons. The molecule has 9 heteroatoms.